The molecule has 3 fully saturated rings. The molecule has 3 aromatic heterocycles. The second-order valence-electron chi connectivity index (χ2n) is 11.4. The fourth-order valence-corrected chi connectivity index (χ4v) is 6.80. The number of carbonyl (C=O) groups is 1. The van der Waals surface area contributed by atoms with Crippen LogP contribution >= 0.6 is 0 Å². The normalized spacial score (nSPS) is 22.9. The van der Waals surface area contributed by atoms with Crippen molar-refractivity contribution in [3.63, 3.8) is 0 Å². The average molecular weight is 563 g/mol. The number of piperidine rings is 1. The number of ether oxygens (including phenoxy) is 2. The third-order valence-electron chi connectivity index (χ3n) is 8.67. The molecule has 2 atom stereocenters. The Morgan fingerprint density at radius 3 is 2.73 bits per heavy atom. The predicted octanol–water partition coefficient (Wildman–Crippen LogP) is 4.98. The molecule has 1 aromatic carbocycles. The van der Waals surface area contributed by atoms with E-state index in [9.17, 15) is 9.18 Å². The Kier molecular flexibility index (Phi) is 6.49. The molecule has 3 aliphatic rings. The number of anilines is 1. The SMILES string of the molecule is CC(=O)Oc1cn(-c2ncc3c(N4CCCCC4)nc(OC[C@@]45CCCN4C[C@H](F)C5)nc3c2F)c2ccccc12. The van der Waals surface area contributed by atoms with Crippen LogP contribution in [0.5, 0.6) is 11.8 Å². The van der Waals surface area contributed by atoms with Crippen molar-refractivity contribution in [2.75, 3.05) is 37.7 Å². The molecule has 4 aromatic rings. The maximum atomic E-state index is 16.5. The molecule has 41 heavy (non-hydrogen) atoms. The molecular weight excluding hydrogens is 530 g/mol. The van der Waals surface area contributed by atoms with Crippen molar-refractivity contribution in [3.8, 4) is 17.6 Å². The van der Waals surface area contributed by atoms with Crippen molar-refractivity contribution in [2.24, 2.45) is 0 Å². The molecule has 0 spiro atoms. The van der Waals surface area contributed by atoms with Gasteiger partial charge in [-0.05, 0) is 50.8 Å². The zero-order valence-electron chi connectivity index (χ0n) is 23.0. The van der Waals surface area contributed by atoms with Gasteiger partial charge in [0.1, 0.15) is 24.1 Å². The van der Waals surface area contributed by atoms with Gasteiger partial charge >= 0.3 is 12.0 Å². The van der Waals surface area contributed by atoms with Crippen LogP contribution in [0.2, 0.25) is 0 Å². The molecule has 9 nitrogen and oxygen atoms in total. The van der Waals surface area contributed by atoms with Gasteiger partial charge in [-0.1, -0.05) is 12.1 Å². The largest absolute Gasteiger partial charge is 0.461 e. The average Bonchev–Trinajstić information content (AvgIpc) is 3.62. The molecule has 0 bridgehead atoms. The van der Waals surface area contributed by atoms with Gasteiger partial charge < -0.3 is 14.4 Å². The fourth-order valence-electron chi connectivity index (χ4n) is 6.80. The van der Waals surface area contributed by atoms with E-state index in [1.807, 2.05) is 24.3 Å². The van der Waals surface area contributed by atoms with Crippen molar-refractivity contribution in [2.45, 2.75) is 57.2 Å². The minimum Gasteiger partial charge on any atom is -0.461 e. The molecule has 0 saturated carbocycles. The number of hydrogen-bond acceptors (Lipinski definition) is 8. The van der Waals surface area contributed by atoms with Crippen LogP contribution in [-0.4, -0.2) is 74.9 Å². The summed E-state index contributed by atoms with van der Waals surface area (Å²) in [7, 11) is 0. The standard InChI is InChI=1S/C30H32F2N6O3/c1-19(39)41-24-17-38(23-9-4-3-8-21(23)24)28-25(32)26-22(15-33-28)27(36-11-5-2-6-12-36)35-29(34-26)40-18-30-10-7-13-37(30)16-20(31)14-30/h3-4,8-9,15,17,20H,2,5-7,10-14,16,18H2,1H3/t20-,30+/m1/s1. The Balaban J connectivity index is 1.33. The Morgan fingerprint density at radius 1 is 1.07 bits per heavy atom. The summed E-state index contributed by atoms with van der Waals surface area (Å²) in [5, 5.41) is 1.16. The van der Waals surface area contributed by atoms with Crippen molar-refractivity contribution >= 4 is 33.6 Å². The van der Waals surface area contributed by atoms with E-state index in [0.29, 0.717) is 40.8 Å². The highest BCUT2D eigenvalue weighted by Gasteiger charge is 2.49. The van der Waals surface area contributed by atoms with Crippen LogP contribution in [0.25, 0.3) is 27.6 Å². The quantitative estimate of drug-likeness (QED) is 0.304. The molecule has 6 heterocycles. The maximum absolute atomic E-state index is 16.5. The van der Waals surface area contributed by atoms with Gasteiger partial charge in [0.25, 0.3) is 0 Å². The fraction of sp³-hybridized carbons (Fsp3) is 0.467. The van der Waals surface area contributed by atoms with Crippen LogP contribution in [0.1, 0.15) is 45.4 Å². The number of benzene rings is 1. The number of nitrogens with zero attached hydrogens (tertiary/aromatic N) is 6. The lowest BCUT2D eigenvalue weighted by atomic mass is 9.95. The number of fused-ring (bicyclic) bond motifs is 3. The van der Waals surface area contributed by atoms with Gasteiger partial charge in [0.15, 0.2) is 17.4 Å². The Bertz CT molecular complexity index is 1640. The highest BCUT2D eigenvalue weighted by atomic mass is 19.1. The third kappa shape index (κ3) is 4.56. The maximum Gasteiger partial charge on any atom is 0.319 e. The van der Waals surface area contributed by atoms with Gasteiger partial charge in [-0.15, -0.1) is 0 Å². The van der Waals surface area contributed by atoms with Crippen LogP contribution in [0.4, 0.5) is 14.6 Å². The summed E-state index contributed by atoms with van der Waals surface area (Å²) < 4.78 is 44.0. The van der Waals surface area contributed by atoms with Crippen LogP contribution in [0.15, 0.2) is 36.7 Å². The number of rotatable bonds is 6. The van der Waals surface area contributed by atoms with Crippen molar-refractivity contribution in [1.29, 1.82) is 0 Å². The first-order valence-corrected chi connectivity index (χ1v) is 14.3. The van der Waals surface area contributed by atoms with Crippen LogP contribution < -0.4 is 14.4 Å². The van der Waals surface area contributed by atoms with Crippen LogP contribution in [0, 0.1) is 5.82 Å². The van der Waals surface area contributed by atoms with Gasteiger partial charge in [0.05, 0.1) is 22.6 Å². The minimum absolute atomic E-state index is 0.0259. The topological polar surface area (TPSA) is 85.6 Å². The first-order chi connectivity index (χ1) is 19.9. The van der Waals surface area contributed by atoms with E-state index in [0.717, 1.165) is 51.7 Å². The van der Waals surface area contributed by atoms with Crippen LogP contribution in [0.3, 0.4) is 0 Å². The summed E-state index contributed by atoms with van der Waals surface area (Å²) in [5.41, 5.74) is 0.365. The first kappa shape index (κ1) is 26.1. The van der Waals surface area contributed by atoms with E-state index in [2.05, 4.69) is 19.8 Å². The van der Waals surface area contributed by atoms with E-state index in [4.69, 9.17) is 14.5 Å². The molecule has 214 valence electrons. The number of para-hydroxylation sites is 1. The summed E-state index contributed by atoms with van der Waals surface area (Å²) in [5.74, 6) is -0.164. The molecule has 0 aliphatic carbocycles. The van der Waals surface area contributed by atoms with Crippen molar-refractivity contribution in [3.05, 3.63) is 42.5 Å². The monoisotopic (exact) mass is 562 g/mol. The number of halogens is 2. The number of esters is 1. The smallest absolute Gasteiger partial charge is 0.319 e. The van der Waals surface area contributed by atoms with E-state index in [-0.39, 0.29) is 29.5 Å². The predicted molar refractivity (Wildman–Crippen MR) is 150 cm³/mol. The van der Waals surface area contributed by atoms with Gasteiger partial charge in [-0.2, -0.15) is 9.97 Å². The summed E-state index contributed by atoms with van der Waals surface area (Å²) in [6, 6.07) is 7.35. The highest BCUT2D eigenvalue weighted by Crippen LogP contribution is 2.41. The minimum atomic E-state index is -0.875. The Morgan fingerprint density at radius 2 is 1.90 bits per heavy atom. The lowest BCUT2D eigenvalue weighted by molar-refractivity contribution is -0.131. The van der Waals surface area contributed by atoms with E-state index in [1.54, 1.807) is 17.0 Å². The molecular formula is C30H32F2N6O3. The number of pyridine rings is 1. The molecule has 0 unspecified atom stereocenters. The summed E-state index contributed by atoms with van der Waals surface area (Å²) in [6.45, 7) is 4.45. The summed E-state index contributed by atoms with van der Waals surface area (Å²) in [6.07, 6.45) is 7.73. The Hall–Kier alpha value is -3.86. The van der Waals surface area contributed by atoms with Gasteiger partial charge in [0.2, 0.25) is 0 Å². The lowest BCUT2D eigenvalue weighted by Crippen LogP contribution is -2.43. The number of alkyl halides is 1. The highest BCUT2D eigenvalue weighted by molar-refractivity contribution is 5.93. The first-order valence-electron chi connectivity index (χ1n) is 14.3. The lowest BCUT2D eigenvalue weighted by Gasteiger charge is -2.31. The second kappa shape index (κ2) is 10.2. The number of hydrogen-bond donors (Lipinski definition) is 0. The molecule has 7 rings (SSSR count). The molecule has 0 N–H and O–H groups in total. The van der Waals surface area contributed by atoms with Crippen molar-refractivity contribution in [1.82, 2.24) is 24.4 Å². The molecule has 11 heteroatoms. The molecule has 0 amide bonds. The second-order valence-corrected chi connectivity index (χ2v) is 11.4. The number of carbonyl (C=O) groups excluding carboxylic acids is 1. The van der Waals surface area contributed by atoms with E-state index >= 15 is 4.39 Å². The summed E-state index contributed by atoms with van der Waals surface area (Å²) >= 11 is 0. The molecule has 3 aliphatic heterocycles. The third-order valence-corrected chi connectivity index (χ3v) is 8.67. The summed E-state index contributed by atoms with van der Waals surface area (Å²) in [4.78, 5) is 29.9. The van der Waals surface area contributed by atoms with Crippen LogP contribution in [-0.2, 0) is 4.79 Å². The van der Waals surface area contributed by atoms with Gasteiger partial charge in [-0.3, -0.25) is 14.3 Å². The number of aromatic nitrogens is 4. The van der Waals surface area contributed by atoms with Gasteiger partial charge in [0, 0.05) is 44.6 Å². The van der Waals surface area contributed by atoms with E-state index in [1.165, 1.54) is 6.92 Å². The zero-order valence-corrected chi connectivity index (χ0v) is 23.0. The zero-order chi connectivity index (χ0) is 28.1. The van der Waals surface area contributed by atoms with Crippen molar-refractivity contribution < 1.29 is 23.0 Å². The van der Waals surface area contributed by atoms with E-state index < -0.39 is 18.0 Å². The van der Waals surface area contributed by atoms with Gasteiger partial charge in [-0.25, -0.2) is 13.8 Å². The molecule has 3 saturated heterocycles. The Labute approximate surface area is 236 Å². The molecule has 0 radical (unpaired) electrons.